The lowest BCUT2D eigenvalue weighted by atomic mass is 9.91. The predicted molar refractivity (Wildman–Crippen MR) is 141 cm³/mol. The number of pyridine rings is 1. The minimum Gasteiger partial charge on any atom is -0.439 e. The molecule has 42 heavy (non-hydrogen) atoms. The molecule has 216 valence electrons. The number of oxazole rings is 1. The zero-order chi connectivity index (χ0) is 30.0. The zero-order valence-corrected chi connectivity index (χ0v) is 22.2. The molecule has 0 radical (unpaired) electrons. The quantitative estimate of drug-likeness (QED) is 0.205. The third-order valence-electron chi connectivity index (χ3n) is 6.75. The van der Waals surface area contributed by atoms with Crippen molar-refractivity contribution in [3.63, 3.8) is 0 Å². The first-order valence-corrected chi connectivity index (χ1v) is 12.8. The van der Waals surface area contributed by atoms with Crippen LogP contribution in [0.5, 0.6) is 11.6 Å². The molecule has 4 aromatic rings. The molecule has 0 spiro atoms. The molecular formula is C28H18ClF5N4O4. The molecule has 1 atom stereocenters. The smallest absolute Gasteiger partial charge is 0.417 e. The van der Waals surface area contributed by atoms with Gasteiger partial charge in [-0.3, -0.25) is 14.8 Å². The maximum atomic E-state index is 14.3. The van der Waals surface area contributed by atoms with E-state index in [2.05, 4.69) is 15.0 Å². The summed E-state index contributed by atoms with van der Waals surface area (Å²) in [4.78, 5) is 37.2. The van der Waals surface area contributed by atoms with Gasteiger partial charge in [0.25, 0.3) is 11.8 Å². The molecular weight excluding hydrogens is 587 g/mol. The van der Waals surface area contributed by atoms with Crippen LogP contribution < -0.4 is 10.5 Å². The number of carbonyl (C=O) groups excluding carboxylic acids is 1. The van der Waals surface area contributed by atoms with Gasteiger partial charge in [-0.2, -0.15) is 13.2 Å². The number of halogens is 6. The van der Waals surface area contributed by atoms with Crippen LogP contribution in [0.2, 0.25) is 5.15 Å². The van der Waals surface area contributed by atoms with Crippen LogP contribution >= 0.6 is 11.6 Å². The van der Waals surface area contributed by atoms with E-state index in [9.17, 15) is 31.5 Å². The van der Waals surface area contributed by atoms with Crippen molar-refractivity contribution < 1.29 is 35.9 Å². The van der Waals surface area contributed by atoms with Gasteiger partial charge in [0.2, 0.25) is 5.88 Å². The van der Waals surface area contributed by atoms with Crippen LogP contribution in [0.1, 0.15) is 29.7 Å². The van der Waals surface area contributed by atoms with E-state index >= 15 is 0 Å². The van der Waals surface area contributed by atoms with Gasteiger partial charge in [0.1, 0.15) is 10.9 Å². The van der Waals surface area contributed by atoms with Crippen molar-refractivity contribution in [2.24, 2.45) is 4.99 Å². The lowest BCUT2D eigenvalue weighted by molar-refractivity contribution is -0.137. The number of carbonyl (C=O) groups is 1. The Morgan fingerprint density at radius 3 is 2.52 bits per heavy atom. The molecule has 0 saturated carbocycles. The number of H-pyrrole nitrogens is 1. The van der Waals surface area contributed by atoms with Crippen LogP contribution in [0.4, 0.5) is 22.0 Å². The van der Waals surface area contributed by atoms with Gasteiger partial charge in [-0.05, 0) is 35.9 Å². The van der Waals surface area contributed by atoms with Crippen LogP contribution in [0.3, 0.4) is 0 Å². The van der Waals surface area contributed by atoms with Crippen molar-refractivity contribution in [3.8, 4) is 11.6 Å². The number of ether oxygens (including phenoxy) is 1. The fourth-order valence-corrected chi connectivity index (χ4v) is 5.32. The topological polar surface area (TPSA) is 101 Å². The van der Waals surface area contributed by atoms with Gasteiger partial charge >= 0.3 is 11.9 Å². The number of rotatable bonds is 6. The Morgan fingerprint density at radius 1 is 1.10 bits per heavy atom. The van der Waals surface area contributed by atoms with Gasteiger partial charge in [-0.15, -0.1) is 0 Å². The number of aliphatic imine (C=N–C) groups is 1. The molecule has 1 N–H and O–H groups in total. The summed E-state index contributed by atoms with van der Waals surface area (Å²) in [5, 5.41) is -0.419. The Balaban J connectivity index is 1.38. The number of fused-ring (bicyclic) bond motifs is 1. The fraction of sp³-hybridized carbons (Fsp3) is 0.214. The molecule has 0 fully saturated rings. The summed E-state index contributed by atoms with van der Waals surface area (Å²) in [7, 11) is 0. The number of aromatic nitrogens is 2. The predicted octanol–water partition coefficient (Wildman–Crippen LogP) is 6.32. The van der Waals surface area contributed by atoms with Crippen molar-refractivity contribution in [2.45, 2.75) is 25.1 Å². The molecule has 0 aliphatic carbocycles. The number of alkyl halides is 5. The molecule has 1 amide bonds. The van der Waals surface area contributed by atoms with E-state index < -0.39 is 52.9 Å². The molecule has 2 aliphatic rings. The second-order valence-corrected chi connectivity index (χ2v) is 10.2. The molecule has 2 aromatic heterocycles. The van der Waals surface area contributed by atoms with Gasteiger partial charge in [0.15, 0.2) is 5.58 Å². The number of benzene rings is 2. The molecule has 0 bridgehead atoms. The van der Waals surface area contributed by atoms with E-state index in [0.717, 1.165) is 4.90 Å². The van der Waals surface area contributed by atoms with E-state index in [0.29, 0.717) is 47.0 Å². The van der Waals surface area contributed by atoms with Gasteiger partial charge in [0.05, 0.1) is 35.9 Å². The van der Waals surface area contributed by atoms with Crippen molar-refractivity contribution in [2.75, 3.05) is 13.1 Å². The Hall–Kier alpha value is -4.52. The average molecular weight is 605 g/mol. The van der Waals surface area contributed by atoms with E-state index in [-0.39, 0.29) is 23.5 Å². The summed E-state index contributed by atoms with van der Waals surface area (Å²) in [5.74, 6) is -4.84. The first-order valence-electron chi connectivity index (χ1n) is 12.4. The van der Waals surface area contributed by atoms with Crippen molar-refractivity contribution in [3.05, 3.63) is 98.1 Å². The minimum absolute atomic E-state index is 0.0556. The molecule has 1 unspecified atom stereocenters. The van der Waals surface area contributed by atoms with Crippen LogP contribution in [-0.4, -0.2) is 45.5 Å². The van der Waals surface area contributed by atoms with Crippen LogP contribution in [0.15, 0.2) is 79.9 Å². The molecule has 2 aliphatic heterocycles. The number of hydrogen-bond donors (Lipinski definition) is 1. The molecule has 8 nitrogen and oxygen atoms in total. The summed E-state index contributed by atoms with van der Waals surface area (Å²) >= 11 is 5.74. The highest BCUT2D eigenvalue weighted by Gasteiger charge is 2.47. The Labute approximate surface area is 238 Å². The second kappa shape index (κ2) is 9.79. The van der Waals surface area contributed by atoms with Crippen LogP contribution in [-0.2, 0) is 11.0 Å². The number of nitrogens with one attached hydrogen (secondary N) is 1. The number of nitrogens with zero attached hydrogens (tertiary/aromatic N) is 3. The largest absolute Gasteiger partial charge is 0.439 e. The first kappa shape index (κ1) is 27.6. The highest BCUT2D eigenvalue weighted by atomic mass is 35.5. The zero-order valence-electron chi connectivity index (χ0n) is 21.4. The highest BCUT2D eigenvalue weighted by molar-refractivity contribution is 6.29. The number of aromatic amines is 1. The summed E-state index contributed by atoms with van der Waals surface area (Å²) in [6.45, 7) is -0.236. The highest BCUT2D eigenvalue weighted by Crippen LogP contribution is 2.45. The van der Waals surface area contributed by atoms with Crippen LogP contribution in [0, 0.1) is 0 Å². The van der Waals surface area contributed by atoms with Gasteiger partial charge < -0.3 is 14.1 Å². The summed E-state index contributed by atoms with van der Waals surface area (Å²) in [5.41, 5.74) is 1.33. The van der Waals surface area contributed by atoms with E-state index in [4.69, 9.17) is 20.8 Å². The molecule has 14 heteroatoms. The lowest BCUT2D eigenvalue weighted by Crippen LogP contribution is -2.40. The summed E-state index contributed by atoms with van der Waals surface area (Å²) in [6.07, 6.45) is -4.67. The number of para-hydroxylation sites is 1. The average Bonchev–Trinajstić information content (AvgIpc) is 3.56. The normalized spacial score (nSPS) is 17.3. The minimum atomic E-state index is -4.67. The first-order chi connectivity index (χ1) is 19.8. The monoisotopic (exact) mass is 604 g/mol. The third kappa shape index (κ3) is 5.04. The summed E-state index contributed by atoms with van der Waals surface area (Å²) < 4.78 is 78.9. The Bertz CT molecular complexity index is 1860. The maximum absolute atomic E-state index is 14.3. The Morgan fingerprint density at radius 2 is 1.83 bits per heavy atom. The van der Waals surface area contributed by atoms with Gasteiger partial charge in [-0.1, -0.05) is 29.8 Å². The van der Waals surface area contributed by atoms with Crippen molar-refractivity contribution in [1.29, 1.82) is 0 Å². The fourth-order valence-electron chi connectivity index (χ4n) is 5.12. The van der Waals surface area contributed by atoms with Crippen molar-refractivity contribution >= 4 is 34.3 Å². The number of amides is 1. The number of hydrogen-bond acceptors (Lipinski definition) is 6. The van der Waals surface area contributed by atoms with E-state index in [1.165, 1.54) is 24.3 Å². The van der Waals surface area contributed by atoms with Crippen LogP contribution in [0.25, 0.3) is 11.1 Å². The van der Waals surface area contributed by atoms with E-state index in [1.54, 1.807) is 18.2 Å². The molecule has 6 rings (SSSR count). The summed E-state index contributed by atoms with van der Waals surface area (Å²) in [6, 6.07) is 11.1. The van der Waals surface area contributed by atoms with Gasteiger partial charge in [0, 0.05) is 29.7 Å². The van der Waals surface area contributed by atoms with Gasteiger partial charge in [-0.25, -0.2) is 18.6 Å². The standard InChI is InChI=1S/C28H18ClF5N4O4/c1-27(30,31)12-38-23(13-5-7-15(8-6-13)41-20-10-14(28(32,33)34)9-19(29)37-20)21-17(25(38)39)11-35-22(21)16-3-2-4-18-24(16)42-26(40)36-18/h2-10,23H,11-12H2,1H3,(H,36,40). The van der Waals surface area contributed by atoms with Crippen molar-refractivity contribution in [1.82, 2.24) is 14.9 Å². The maximum Gasteiger partial charge on any atom is 0.417 e. The second-order valence-electron chi connectivity index (χ2n) is 9.85. The SMILES string of the molecule is CC(F)(F)CN1C(=O)C2=C(C(c3cccc4[nH]c(=O)oc34)=NC2)C1c1ccc(Oc2cc(C(F)(F)F)cc(Cl)n2)cc1. The molecule has 0 saturated heterocycles. The lowest BCUT2D eigenvalue weighted by Gasteiger charge is -2.30. The third-order valence-corrected chi connectivity index (χ3v) is 6.94. The van der Waals surface area contributed by atoms with E-state index in [1.807, 2.05) is 0 Å². The molecule has 4 heterocycles. The molecule has 2 aromatic carbocycles. The Kier molecular flexibility index (Phi) is 6.44.